The molecule has 0 radical (unpaired) electrons. The first-order valence-electron chi connectivity index (χ1n) is 2.73. The quantitative estimate of drug-likeness (QED) is 0.572. The maximum absolute atomic E-state index is 8.56. The van der Waals surface area contributed by atoms with Gasteiger partial charge in [0.25, 0.3) is 0 Å². The van der Waals surface area contributed by atoms with Crippen molar-refractivity contribution in [3.8, 4) is 0 Å². The molecule has 0 amide bonds. The van der Waals surface area contributed by atoms with E-state index >= 15 is 0 Å². The summed E-state index contributed by atoms with van der Waals surface area (Å²) in [7, 11) is 0. The lowest BCUT2D eigenvalue weighted by atomic mass is 10.3. The monoisotopic (exact) mass is 144 g/mol. The van der Waals surface area contributed by atoms with E-state index in [0.29, 0.717) is 11.5 Å². The Balaban J connectivity index is 3.10. The molecule has 1 heterocycles. The van der Waals surface area contributed by atoms with E-state index in [0.717, 1.165) is 0 Å². The van der Waals surface area contributed by atoms with E-state index in [4.69, 9.17) is 10.4 Å². The molecule has 0 fully saturated rings. The molecule has 1 aromatic rings. The second-order valence-electron chi connectivity index (χ2n) is 1.96. The molecule has 0 atom stereocenters. The Hall–Kier alpha value is -1.07. The number of hydrogen-bond donors (Lipinski definition) is 2. The Kier molecular flexibility index (Phi) is 1.60. The zero-order valence-corrected chi connectivity index (χ0v) is 5.70. The first-order valence-corrected chi connectivity index (χ1v) is 2.73. The predicted molar refractivity (Wildman–Crippen MR) is 32.0 cm³/mol. The van der Waals surface area contributed by atoms with E-state index in [9.17, 15) is 0 Å². The van der Waals surface area contributed by atoms with Gasteiger partial charge in [-0.25, -0.2) is 0 Å². The summed E-state index contributed by atoms with van der Waals surface area (Å²) in [6.45, 7) is 3.21. The fourth-order valence-electron chi connectivity index (χ4n) is 0.764. The number of hydrogen-bond acceptors (Lipinski definition) is 5. The smallest absolute Gasteiger partial charge is 0.162 e. The van der Waals surface area contributed by atoms with Crippen LogP contribution in [0.5, 0.6) is 0 Å². The molecular weight excluding hydrogens is 136 g/mol. The van der Waals surface area contributed by atoms with Crippen molar-refractivity contribution in [2.75, 3.05) is 5.23 Å². The molecule has 5 heteroatoms. The maximum Gasteiger partial charge on any atom is 0.162 e. The van der Waals surface area contributed by atoms with Crippen LogP contribution in [0.2, 0.25) is 0 Å². The Morgan fingerprint density at radius 1 is 1.40 bits per heavy atom. The summed E-state index contributed by atoms with van der Waals surface area (Å²) in [5.74, 6) is 0.377. The van der Waals surface area contributed by atoms with Crippen molar-refractivity contribution in [1.82, 2.24) is 5.16 Å². The molecule has 0 aliphatic carbocycles. The molecule has 10 heavy (non-hydrogen) atoms. The normalized spacial score (nSPS) is 10.0. The highest BCUT2D eigenvalue weighted by Crippen LogP contribution is 2.20. The minimum absolute atomic E-state index is 0.00116. The molecule has 0 aliphatic rings. The van der Waals surface area contributed by atoms with Gasteiger partial charge >= 0.3 is 0 Å². The van der Waals surface area contributed by atoms with Crippen LogP contribution >= 0.6 is 0 Å². The van der Waals surface area contributed by atoms with E-state index < -0.39 is 0 Å². The van der Waals surface area contributed by atoms with E-state index in [2.05, 4.69) is 9.68 Å². The highest BCUT2D eigenvalue weighted by molar-refractivity contribution is 5.47. The average molecular weight is 144 g/mol. The van der Waals surface area contributed by atoms with Crippen LogP contribution < -0.4 is 5.23 Å². The predicted octanol–water partition coefficient (Wildman–Crippen LogP) is 0.876. The van der Waals surface area contributed by atoms with Crippen molar-refractivity contribution in [1.29, 1.82) is 0 Å². The third-order valence-corrected chi connectivity index (χ3v) is 1.20. The van der Waals surface area contributed by atoms with E-state index in [1.54, 1.807) is 13.8 Å². The largest absolute Gasteiger partial charge is 0.359 e. The third kappa shape index (κ3) is 0.960. The lowest BCUT2D eigenvalue weighted by Gasteiger charge is -2.04. The number of aromatic nitrogens is 1. The summed E-state index contributed by atoms with van der Waals surface area (Å²) in [5, 5.41) is 20.6. The number of rotatable bonds is 1. The van der Waals surface area contributed by atoms with Gasteiger partial charge in [0.15, 0.2) is 11.4 Å². The average Bonchev–Trinajstić information content (AvgIpc) is 2.11. The summed E-state index contributed by atoms with van der Waals surface area (Å²) < 4.78 is 4.64. The molecule has 2 N–H and O–H groups in total. The zero-order valence-electron chi connectivity index (χ0n) is 5.70. The second kappa shape index (κ2) is 2.28. The van der Waals surface area contributed by atoms with Crippen molar-refractivity contribution in [3.63, 3.8) is 0 Å². The van der Waals surface area contributed by atoms with Gasteiger partial charge in [-0.3, -0.25) is 10.4 Å². The van der Waals surface area contributed by atoms with Crippen molar-refractivity contribution in [3.05, 3.63) is 11.5 Å². The van der Waals surface area contributed by atoms with Gasteiger partial charge in [-0.1, -0.05) is 5.16 Å². The minimum atomic E-state index is 0.00116. The van der Waals surface area contributed by atoms with Gasteiger partial charge in [-0.2, -0.15) is 0 Å². The molecule has 1 aromatic heterocycles. The van der Waals surface area contributed by atoms with Crippen LogP contribution in [-0.2, 0) is 0 Å². The van der Waals surface area contributed by atoms with E-state index in [-0.39, 0.29) is 10.9 Å². The topological polar surface area (TPSA) is 69.7 Å². The van der Waals surface area contributed by atoms with Crippen LogP contribution in [0.3, 0.4) is 0 Å². The molecule has 5 nitrogen and oxygen atoms in total. The van der Waals surface area contributed by atoms with Crippen LogP contribution in [-0.4, -0.2) is 15.6 Å². The minimum Gasteiger partial charge on any atom is -0.359 e. The van der Waals surface area contributed by atoms with E-state index in [1.165, 1.54) is 0 Å². The molecule has 0 saturated carbocycles. The molecule has 0 unspecified atom stereocenters. The fourth-order valence-corrected chi connectivity index (χ4v) is 0.764. The van der Waals surface area contributed by atoms with Crippen LogP contribution in [0, 0.1) is 13.8 Å². The third-order valence-electron chi connectivity index (χ3n) is 1.20. The van der Waals surface area contributed by atoms with Crippen LogP contribution in [0.1, 0.15) is 11.5 Å². The van der Waals surface area contributed by atoms with E-state index in [1.807, 2.05) is 0 Å². The number of aryl methyl sites for hydroxylation is 2. The lowest BCUT2D eigenvalue weighted by Crippen LogP contribution is -2.12. The van der Waals surface area contributed by atoms with Gasteiger partial charge in [0.2, 0.25) is 0 Å². The lowest BCUT2D eigenvalue weighted by molar-refractivity contribution is 0.0281. The van der Waals surface area contributed by atoms with Crippen LogP contribution in [0.15, 0.2) is 4.52 Å². The number of nitrogens with zero attached hydrogens (tertiary/aromatic N) is 2. The molecule has 0 bridgehead atoms. The van der Waals surface area contributed by atoms with Gasteiger partial charge in [-0.05, 0) is 13.8 Å². The first-order chi connectivity index (χ1) is 4.63. The van der Waals surface area contributed by atoms with Gasteiger partial charge in [-0.15, -0.1) is 5.23 Å². The van der Waals surface area contributed by atoms with Crippen LogP contribution in [0.4, 0.5) is 5.69 Å². The Morgan fingerprint density at radius 3 is 2.20 bits per heavy atom. The van der Waals surface area contributed by atoms with Gasteiger partial charge in [0.05, 0.1) is 0 Å². The molecule has 56 valence electrons. The SMILES string of the molecule is Cc1noc(C)c1N(O)O. The summed E-state index contributed by atoms with van der Waals surface area (Å²) >= 11 is 0. The second-order valence-corrected chi connectivity index (χ2v) is 1.96. The summed E-state index contributed by atoms with van der Waals surface area (Å²) in [5.41, 5.74) is 0.641. The molecule has 0 aromatic carbocycles. The van der Waals surface area contributed by atoms with Crippen molar-refractivity contribution >= 4 is 5.69 Å². The van der Waals surface area contributed by atoms with Crippen molar-refractivity contribution < 1.29 is 14.9 Å². The summed E-state index contributed by atoms with van der Waals surface area (Å²) in [6.07, 6.45) is 0. The fraction of sp³-hybridized carbons (Fsp3) is 0.400. The maximum atomic E-state index is 8.56. The van der Waals surface area contributed by atoms with Crippen LogP contribution in [0.25, 0.3) is 0 Å². The molecule has 0 aliphatic heterocycles. The summed E-state index contributed by atoms with van der Waals surface area (Å²) in [6, 6.07) is 0. The Bertz CT molecular complexity index is 211. The summed E-state index contributed by atoms with van der Waals surface area (Å²) in [4.78, 5) is 0. The van der Waals surface area contributed by atoms with Gasteiger partial charge < -0.3 is 4.52 Å². The Morgan fingerprint density at radius 2 is 2.00 bits per heavy atom. The Labute approximate surface area is 57.4 Å². The highest BCUT2D eigenvalue weighted by atomic mass is 16.8. The molecular formula is C5H8N2O3. The zero-order chi connectivity index (χ0) is 7.72. The van der Waals surface area contributed by atoms with Gasteiger partial charge in [0, 0.05) is 0 Å². The highest BCUT2D eigenvalue weighted by Gasteiger charge is 2.12. The number of anilines is 1. The first kappa shape index (κ1) is 7.04. The molecule has 0 saturated heterocycles. The van der Waals surface area contributed by atoms with Crippen molar-refractivity contribution in [2.45, 2.75) is 13.8 Å². The van der Waals surface area contributed by atoms with Crippen molar-refractivity contribution in [2.24, 2.45) is 0 Å². The standard InChI is InChI=1S/C5H8N2O3/c1-3-5(7(8)9)4(2)10-6-3/h8-9H,1-2H3. The van der Waals surface area contributed by atoms with Gasteiger partial charge in [0.1, 0.15) is 5.69 Å². The molecule has 0 spiro atoms. The molecule has 1 rings (SSSR count).